The quantitative estimate of drug-likeness (QED) is 0.145. The van der Waals surface area contributed by atoms with E-state index >= 15 is 0 Å². The SMILES string of the molecule is O=C(/C=C/c1cccnc1)OCCCCC1CCN(C(=O)c2ccccc2N(CCCl)CCCl)CC1. The van der Waals surface area contributed by atoms with Crippen LogP contribution in [0.1, 0.15) is 48.0 Å². The summed E-state index contributed by atoms with van der Waals surface area (Å²) in [7, 11) is 0. The number of amides is 1. The topological polar surface area (TPSA) is 62.7 Å². The molecular formula is C28H35Cl2N3O3. The number of carbonyl (C=O) groups excluding carboxylic acids is 2. The van der Waals surface area contributed by atoms with E-state index in [4.69, 9.17) is 27.9 Å². The summed E-state index contributed by atoms with van der Waals surface area (Å²) in [4.78, 5) is 33.2. The minimum atomic E-state index is -0.332. The molecule has 194 valence electrons. The Labute approximate surface area is 224 Å². The monoisotopic (exact) mass is 531 g/mol. The van der Waals surface area contributed by atoms with Gasteiger partial charge in [-0.05, 0) is 61.4 Å². The second-order valence-corrected chi connectivity index (χ2v) is 9.66. The van der Waals surface area contributed by atoms with E-state index in [9.17, 15) is 9.59 Å². The standard InChI is InChI=1S/C28H35Cl2N3O3/c29-14-19-32(20-15-30)26-9-2-1-8-25(26)28(35)33-17-12-23(13-18-33)6-3-4-21-36-27(34)11-10-24-7-5-16-31-22-24/h1-2,5,7-11,16,22-23H,3-4,6,12-15,17-21H2/b11-10+. The number of hydrogen-bond acceptors (Lipinski definition) is 5. The minimum Gasteiger partial charge on any atom is -0.463 e. The van der Waals surface area contributed by atoms with Crippen LogP contribution in [0.15, 0.2) is 54.9 Å². The number of anilines is 1. The summed E-state index contributed by atoms with van der Waals surface area (Å²) in [6.07, 6.45) is 11.5. The minimum absolute atomic E-state index is 0.0736. The number of piperidine rings is 1. The number of unbranched alkanes of at least 4 members (excludes halogenated alkanes) is 1. The molecule has 0 spiro atoms. The Morgan fingerprint density at radius 1 is 1.06 bits per heavy atom. The predicted octanol–water partition coefficient (Wildman–Crippen LogP) is 5.64. The largest absolute Gasteiger partial charge is 0.463 e. The number of carbonyl (C=O) groups is 2. The van der Waals surface area contributed by atoms with Crippen LogP contribution in [0.5, 0.6) is 0 Å². The summed E-state index contributed by atoms with van der Waals surface area (Å²) in [5.74, 6) is 1.29. The summed E-state index contributed by atoms with van der Waals surface area (Å²) < 4.78 is 5.30. The molecule has 1 aliphatic heterocycles. The summed E-state index contributed by atoms with van der Waals surface area (Å²) in [5.41, 5.74) is 2.48. The number of likely N-dealkylation sites (tertiary alicyclic amines) is 1. The predicted molar refractivity (Wildman–Crippen MR) is 147 cm³/mol. The summed E-state index contributed by atoms with van der Waals surface area (Å²) in [6, 6.07) is 11.4. The van der Waals surface area contributed by atoms with Crippen LogP contribution < -0.4 is 4.90 Å². The molecule has 0 N–H and O–H groups in total. The molecule has 0 unspecified atom stereocenters. The molecule has 1 fully saturated rings. The van der Waals surface area contributed by atoms with E-state index < -0.39 is 0 Å². The number of esters is 1. The van der Waals surface area contributed by atoms with Gasteiger partial charge in [-0.15, -0.1) is 23.2 Å². The molecule has 1 amide bonds. The van der Waals surface area contributed by atoms with Gasteiger partial charge in [0.1, 0.15) is 0 Å². The molecule has 2 heterocycles. The van der Waals surface area contributed by atoms with Gasteiger partial charge in [0.2, 0.25) is 0 Å². The molecule has 3 rings (SSSR count). The van der Waals surface area contributed by atoms with E-state index in [2.05, 4.69) is 9.88 Å². The molecule has 1 aromatic carbocycles. The molecule has 2 aromatic rings. The average molecular weight is 533 g/mol. The van der Waals surface area contributed by atoms with Gasteiger partial charge in [0, 0.05) is 62.1 Å². The van der Waals surface area contributed by atoms with Gasteiger partial charge in [-0.2, -0.15) is 0 Å². The Morgan fingerprint density at radius 3 is 2.50 bits per heavy atom. The van der Waals surface area contributed by atoms with Crippen molar-refractivity contribution < 1.29 is 14.3 Å². The van der Waals surface area contributed by atoms with Crippen LogP contribution in [0.3, 0.4) is 0 Å². The van der Waals surface area contributed by atoms with Gasteiger partial charge in [0.05, 0.1) is 12.2 Å². The molecule has 6 nitrogen and oxygen atoms in total. The van der Waals surface area contributed by atoms with E-state index in [0.29, 0.717) is 42.9 Å². The van der Waals surface area contributed by atoms with E-state index in [1.807, 2.05) is 41.3 Å². The molecule has 0 aliphatic carbocycles. The van der Waals surface area contributed by atoms with E-state index in [0.717, 1.165) is 56.4 Å². The van der Waals surface area contributed by atoms with Gasteiger partial charge in [-0.1, -0.05) is 24.6 Å². The zero-order valence-electron chi connectivity index (χ0n) is 20.7. The van der Waals surface area contributed by atoms with E-state index in [1.54, 1.807) is 18.5 Å². The maximum absolute atomic E-state index is 13.3. The van der Waals surface area contributed by atoms with E-state index in [-0.39, 0.29) is 11.9 Å². The van der Waals surface area contributed by atoms with Gasteiger partial charge in [-0.25, -0.2) is 4.79 Å². The van der Waals surface area contributed by atoms with Crippen molar-refractivity contribution in [3.8, 4) is 0 Å². The molecule has 0 atom stereocenters. The van der Waals surface area contributed by atoms with Crippen molar-refractivity contribution >= 4 is 46.8 Å². The molecule has 1 aliphatic rings. The summed E-state index contributed by atoms with van der Waals surface area (Å²) in [6.45, 7) is 3.24. The Kier molecular flexibility index (Phi) is 12.1. The fraction of sp³-hybridized carbons (Fsp3) is 0.464. The Balaban J connectivity index is 1.38. The number of pyridine rings is 1. The number of aromatic nitrogens is 1. The number of nitrogens with zero attached hydrogens (tertiary/aromatic N) is 3. The number of halogens is 2. The summed E-state index contributed by atoms with van der Waals surface area (Å²) >= 11 is 12.0. The highest BCUT2D eigenvalue weighted by atomic mass is 35.5. The Bertz CT molecular complexity index is 973. The van der Waals surface area contributed by atoms with Crippen LogP contribution in [0, 0.1) is 5.92 Å². The van der Waals surface area contributed by atoms with Crippen molar-refractivity contribution in [3.05, 3.63) is 66.0 Å². The third-order valence-electron chi connectivity index (χ3n) is 6.43. The lowest BCUT2D eigenvalue weighted by atomic mass is 9.91. The van der Waals surface area contributed by atoms with Crippen molar-refractivity contribution in [3.63, 3.8) is 0 Å². The van der Waals surface area contributed by atoms with Crippen molar-refractivity contribution in [2.75, 3.05) is 49.4 Å². The van der Waals surface area contributed by atoms with Crippen molar-refractivity contribution in [1.29, 1.82) is 0 Å². The van der Waals surface area contributed by atoms with Gasteiger partial charge < -0.3 is 14.5 Å². The lowest BCUT2D eigenvalue weighted by Crippen LogP contribution is -2.39. The van der Waals surface area contributed by atoms with Crippen LogP contribution in [0.25, 0.3) is 6.08 Å². The van der Waals surface area contributed by atoms with Crippen molar-refractivity contribution in [1.82, 2.24) is 9.88 Å². The maximum atomic E-state index is 13.3. The summed E-state index contributed by atoms with van der Waals surface area (Å²) in [5, 5.41) is 0. The number of ether oxygens (including phenoxy) is 1. The average Bonchev–Trinajstić information content (AvgIpc) is 2.92. The first-order valence-corrected chi connectivity index (χ1v) is 13.7. The van der Waals surface area contributed by atoms with Crippen LogP contribution in [0.2, 0.25) is 0 Å². The second kappa shape index (κ2) is 15.5. The number of para-hydroxylation sites is 1. The lowest BCUT2D eigenvalue weighted by Gasteiger charge is -2.33. The number of hydrogen-bond donors (Lipinski definition) is 0. The second-order valence-electron chi connectivity index (χ2n) is 8.90. The van der Waals surface area contributed by atoms with Gasteiger partial charge in [-0.3, -0.25) is 9.78 Å². The molecule has 36 heavy (non-hydrogen) atoms. The fourth-order valence-corrected chi connectivity index (χ4v) is 4.88. The molecule has 0 bridgehead atoms. The van der Waals surface area contributed by atoms with Gasteiger partial charge in [0.15, 0.2) is 0 Å². The first-order valence-electron chi connectivity index (χ1n) is 12.6. The third-order valence-corrected chi connectivity index (χ3v) is 6.77. The normalized spacial score (nSPS) is 14.2. The van der Waals surface area contributed by atoms with Crippen molar-refractivity contribution in [2.24, 2.45) is 5.92 Å². The number of benzene rings is 1. The highest BCUT2D eigenvalue weighted by Gasteiger charge is 2.26. The molecule has 0 saturated carbocycles. The van der Waals surface area contributed by atoms with Crippen molar-refractivity contribution in [2.45, 2.75) is 32.1 Å². The van der Waals surface area contributed by atoms with Crippen LogP contribution >= 0.6 is 23.2 Å². The zero-order chi connectivity index (χ0) is 25.6. The Morgan fingerprint density at radius 2 is 1.81 bits per heavy atom. The molecule has 8 heteroatoms. The smallest absolute Gasteiger partial charge is 0.330 e. The van der Waals surface area contributed by atoms with Crippen LogP contribution in [-0.4, -0.2) is 66.3 Å². The first kappa shape index (κ1) is 28.0. The molecular weight excluding hydrogens is 497 g/mol. The highest BCUT2D eigenvalue weighted by molar-refractivity contribution is 6.18. The number of alkyl halides is 2. The van der Waals surface area contributed by atoms with Crippen LogP contribution in [0.4, 0.5) is 5.69 Å². The maximum Gasteiger partial charge on any atom is 0.330 e. The van der Waals surface area contributed by atoms with Gasteiger partial charge >= 0.3 is 5.97 Å². The first-order chi connectivity index (χ1) is 17.6. The van der Waals surface area contributed by atoms with Gasteiger partial charge in [0.25, 0.3) is 5.91 Å². The molecule has 0 radical (unpaired) electrons. The fourth-order valence-electron chi connectivity index (χ4n) is 4.48. The molecule has 1 aromatic heterocycles. The molecule has 1 saturated heterocycles. The number of rotatable bonds is 13. The lowest BCUT2D eigenvalue weighted by molar-refractivity contribution is -0.137. The van der Waals surface area contributed by atoms with Crippen LogP contribution in [-0.2, 0) is 9.53 Å². The Hall–Kier alpha value is -2.57. The zero-order valence-corrected chi connectivity index (χ0v) is 22.2. The third kappa shape index (κ3) is 8.82. The highest BCUT2D eigenvalue weighted by Crippen LogP contribution is 2.27. The van der Waals surface area contributed by atoms with E-state index in [1.165, 1.54) is 6.08 Å².